The second-order valence-corrected chi connectivity index (χ2v) is 13.4. The van der Waals surface area contributed by atoms with Gasteiger partial charge in [0, 0.05) is 16.2 Å². The van der Waals surface area contributed by atoms with Gasteiger partial charge in [-0.3, -0.25) is 13.9 Å². The van der Waals surface area contributed by atoms with Crippen molar-refractivity contribution in [2.24, 2.45) is 0 Å². The highest BCUT2D eigenvalue weighted by molar-refractivity contribution is 14.1. The number of aryl methyl sites for hydroxylation is 1. The summed E-state index contributed by atoms with van der Waals surface area (Å²) in [5, 5.41) is 3.13. The molecule has 0 spiro atoms. The van der Waals surface area contributed by atoms with E-state index in [0.717, 1.165) is 44.7 Å². The summed E-state index contributed by atoms with van der Waals surface area (Å²) < 4.78 is 29.7. The van der Waals surface area contributed by atoms with Crippen LogP contribution >= 0.6 is 22.6 Å². The molecule has 0 aliphatic heterocycles. The van der Waals surface area contributed by atoms with Crippen molar-refractivity contribution >= 4 is 50.1 Å². The average molecular weight is 674 g/mol. The van der Waals surface area contributed by atoms with E-state index in [9.17, 15) is 18.0 Å². The lowest BCUT2D eigenvalue weighted by Gasteiger charge is -2.33. The summed E-state index contributed by atoms with van der Waals surface area (Å²) in [6, 6.07) is 22.2. The van der Waals surface area contributed by atoms with E-state index in [0.29, 0.717) is 5.69 Å². The number of benzene rings is 3. The zero-order valence-corrected chi connectivity index (χ0v) is 25.9. The predicted octanol–water partition coefficient (Wildman–Crippen LogP) is 5.66. The summed E-state index contributed by atoms with van der Waals surface area (Å²) in [5.41, 5.74) is 2.33. The molecule has 9 heteroatoms. The van der Waals surface area contributed by atoms with Crippen LogP contribution in [-0.4, -0.2) is 43.8 Å². The summed E-state index contributed by atoms with van der Waals surface area (Å²) >= 11 is 2.15. The molecule has 1 atom stereocenters. The fourth-order valence-electron chi connectivity index (χ4n) is 4.90. The molecule has 0 bridgehead atoms. The second kappa shape index (κ2) is 13.6. The first kappa shape index (κ1) is 30.0. The molecule has 3 aromatic carbocycles. The van der Waals surface area contributed by atoms with Crippen LogP contribution in [0.1, 0.15) is 50.2 Å². The van der Waals surface area contributed by atoms with Gasteiger partial charge in [-0.2, -0.15) is 0 Å². The Morgan fingerprint density at radius 1 is 0.925 bits per heavy atom. The summed E-state index contributed by atoms with van der Waals surface area (Å²) in [4.78, 5) is 29.0. The third kappa shape index (κ3) is 7.63. The Morgan fingerprint density at radius 2 is 1.55 bits per heavy atom. The Hall–Kier alpha value is -2.92. The monoisotopic (exact) mass is 673 g/mol. The predicted molar refractivity (Wildman–Crippen MR) is 166 cm³/mol. The molecule has 0 heterocycles. The summed E-state index contributed by atoms with van der Waals surface area (Å²) in [6.45, 7) is 3.44. The number of anilines is 1. The van der Waals surface area contributed by atoms with Crippen LogP contribution in [0.5, 0.6) is 0 Å². The Morgan fingerprint density at radius 3 is 2.17 bits per heavy atom. The van der Waals surface area contributed by atoms with Crippen molar-refractivity contribution in [1.82, 2.24) is 10.2 Å². The maximum atomic E-state index is 14.0. The number of sulfonamides is 1. The third-order valence-electron chi connectivity index (χ3n) is 7.32. The number of nitrogens with zero attached hydrogens (tertiary/aromatic N) is 2. The highest BCUT2D eigenvalue weighted by Gasteiger charge is 2.33. The van der Waals surface area contributed by atoms with E-state index >= 15 is 0 Å². The second-order valence-electron chi connectivity index (χ2n) is 10.3. The number of carbonyl (C=O) groups excluding carboxylic acids is 2. The zero-order chi connectivity index (χ0) is 28.7. The summed E-state index contributed by atoms with van der Waals surface area (Å²) in [6.07, 6.45) is 5.19. The fourth-order valence-corrected chi connectivity index (χ4v) is 6.69. The van der Waals surface area contributed by atoms with E-state index in [2.05, 4.69) is 27.9 Å². The van der Waals surface area contributed by atoms with E-state index in [1.807, 2.05) is 31.2 Å². The van der Waals surface area contributed by atoms with Crippen LogP contribution in [0, 0.1) is 10.5 Å². The summed E-state index contributed by atoms with van der Waals surface area (Å²) in [7, 11) is -4.06. The first-order valence-electron chi connectivity index (χ1n) is 13.6. The number of hydrogen-bond acceptors (Lipinski definition) is 4. The minimum Gasteiger partial charge on any atom is -0.352 e. The normalized spacial score (nSPS) is 14.8. The molecule has 212 valence electrons. The van der Waals surface area contributed by atoms with Crippen molar-refractivity contribution in [3.8, 4) is 0 Å². The topological polar surface area (TPSA) is 86.8 Å². The highest BCUT2D eigenvalue weighted by atomic mass is 127. The molecule has 3 aromatic rings. The van der Waals surface area contributed by atoms with Gasteiger partial charge in [-0.05, 0) is 91.2 Å². The van der Waals surface area contributed by atoms with E-state index in [1.54, 1.807) is 49.4 Å². The quantitative estimate of drug-likeness (QED) is 0.282. The number of rotatable bonds is 10. The van der Waals surface area contributed by atoms with Gasteiger partial charge >= 0.3 is 0 Å². The lowest BCUT2D eigenvalue weighted by molar-refractivity contribution is -0.139. The van der Waals surface area contributed by atoms with Crippen LogP contribution in [0.2, 0.25) is 0 Å². The minimum atomic E-state index is -4.06. The minimum absolute atomic E-state index is 0.0922. The van der Waals surface area contributed by atoms with Crippen molar-refractivity contribution in [3.63, 3.8) is 0 Å². The van der Waals surface area contributed by atoms with E-state index < -0.39 is 28.5 Å². The Bertz CT molecular complexity index is 1390. The van der Waals surface area contributed by atoms with E-state index in [-0.39, 0.29) is 23.4 Å². The molecular formula is C31H36IN3O4S. The molecule has 1 aliphatic rings. The fraction of sp³-hybridized carbons (Fsp3) is 0.355. The van der Waals surface area contributed by atoms with Gasteiger partial charge in [0.15, 0.2) is 0 Å². The summed E-state index contributed by atoms with van der Waals surface area (Å²) in [5.74, 6) is -0.677. The van der Waals surface area contributed by atoms with E-state index in [4.69, 9.17) is 0 Å². The first-order valence-corrected chi connectivity index (χ1v) is 16.2. The van der Waals surface area contributed by atoms with Gasteiger partial charge in [0.05, 0.1) is 10.6 Å². The van der Waals surface area contributed by atoms with Crippen LogP contribution in [0.25, 0.3) is 0 Å². The van der Waals surface area contributed by atoms with Gasteiger partial charge < -0.3 is 10.2 Å². The Labute approximate surface area is 251 Å². The lowest BCUT2D eigenvalue weighted by Crippen LogP contribution is -2.53. The number of hydrogen-bond donors (Lipinski definition) is 1. The van der Waals surface area contributed by atoms with Gasteiger partial charge in [0.2, 0.25) is 11.8 Å². The van der Waals surface area contributed by atoms with Gasteiger partial charge in [-0.1, -0.05) is 67.3 Å². The molecular weight excluding hydrogens is 637 g/mol. The molecule has 1 N–H and O–H groups in total. The van der Waals surface area contributed by atoms with Gasteiger partial charge in [-0.25, -0.2) is 8.42 Å². The maximum absolute atomic E-state index is 14.0. The van der Waals surface area contributed by atoms with Gasteiger partial charge in [0.1, 0.15) is 12.6 Å². The smallest absolute Gasteiger partial charge is 0.264 e. The number of halogens is 1. The van der Waals surface area contributed by atoms with Crippen molar-refractivity contribution in [2.75, 3.05) is 10.8 Å². The Kier molecular flexibility index (Phi) is 10.2. The van der Waals surface area contributed by atoms with Gasteiger partial charge in [0.25, 0.3) is 10.0 Å². The molecule has 1 fully saturated rings. The highest BCUT2D eigenvalue weighted by Crippen LogP contribution is 2.25. The molecule has 2 amide bonds. The first-order chi connectivity index (χ1) is 19.1. The zero-order valence-electron chi connectivity index (χ0n) is 22.9. The number of amides is 2. The van der Waals surface area contributed by atoms with Crippen LogP contribution < -0.4 is 9.62 Å². The molecule has 1 aliphatic carbocycles. The molecule has 40 heavy (non-hydrogen) atoms. The maximum Gasteiger partial charge on any atom is 0.264 e. The van der Waals surface area contributed by atoms with Gasteiger partial charge in [-0.15, -0.1) is 0 Å². The van der Waals surface area contributed by atoms with Crippen LogP contribution in [0.4, 0.5) is 5.69 Å². The molecule has 0 unspecified atom stereocenters. The molecule has 0 aromatic heterocycles. The number of carbonyl (C=O) groups is 2. The molecule has 0 saturated heterocycles. The van der Waals surface area contributed by atoms with Crippen molar-refractivity contribution in [1.29, 1.82) is 0 Å². The van der Waals surface area contributed by atoms with Crippen molar-refractivity contribution in [2.45, 2.75) is 69.5 Å². The molecule has 4 rings (SSSR count). The SMILES string of the molecule is Cc1ccc(CN(C(=O)CN(c2ccc(I)cc2)S(=O)(=O)c2ccccc2)[C@@H](C)C(=O)NC2CCCCC2)cc1. The average Bonchev–Trinajstić information content (AvgIpc) is 2.96. The third-order valence-corrected chi connectivity index (χ3v) is 9.82. The lowest BCUT2D eigenvalue weighted by atomic mass is 9.95. The van der Waals surface area contributed by atoms with Crippen LogP contribution in [-0.2, 0) is 26.2 Å². The van der Waals surface area contributed by atoms with Crippen molar-refractivity contribution in [3.05, 3.63) is 93.6 Å². The Balaban J connectivity index is 1.65. The molecule has 0 radical (unpaired) electrons. The largest absolute Gasteiger partial charge is 0.352 e. The molecule has 1 saturated carbocycles. The van der Waals surface area contributed by atoms with Crippen LogP contribution in [0.3, 0.4) is 0 Å². The van der Waals surface area contributed by atoms with Crippen LogP contribution in [0.15, 0.2) is 83.8 Å². The molecule has 7 nitrogen and oxygen atoms in total. The van der Waals surface area contributed by atoms with Crippen molar-refractivity contribution < 1.29 is 18.0 Å². The van der Waals surface area contributed by atoms with E-state index in [1.165, 1.54) is 23.5 Å². The standard InChI is InChI=1S/C31H36IN3O4S/c1-23-13-15-25(16-14-23)21-34(24(2)31(37)33-27-9-5-3-6-10-27)30(36)22-35(28-19-17-26(32)18-20-28)40(38,39)29-11-7-4-8-12-29/h4,7-8,11-20,24,27H,3,5-6,9-10,21-22H2,1-2H3,(H,33,37)/t24-/m0/s1. The number of nitrogens with one attached hydrogen (secondary N) is 1.